The number of nitrogens with one attached hydrogen (secondary N) is 2. The zero-order valence-electron chi connectivity index (χ0n) is 29.9. The molecule has 0 radical (unpaired) electrons. The number of imidazole rings is 2. The molecule has 0 spiro atoms. The molecule has 0 aliphatic heterocycles. The zero-order valence-corrected chi connectivity index (χ0v) is 29.9. The number of aldehydes is 1. The number of primary amides is 1. The molecule has 2 aromatic carbocycles. The number of carbonyl (C=O) groups excluding carboxylic acids is 4. The highest BCUT2D eigenvalue weighted by Gasteiger charge is 2.33. The Hall–Kier alpha value is -6.30. The molecule has 6 rings (SSSR count). The van der Waals surface area contributed by atoms with Crippen molar-refractivity contribution in [2.75, 3.05) is 17.7 Å². The van der Waals surface area contributed by atoms with Gasteiger partial charge in [-0.25, -0.2) is 18.7 Å². The van der Waals surface area contributed by atoms with Crippen LogP contribution < -0.4 is 22.1 Å². The molecule has 278 valence electrons. The van der Waals surface area contributed by atoms with E-state index in [4.69, 9.17) is 5.73 Å². The number of nitrogens with two attached hydrogens (primary N) is 2. The standard InChI is InChI=1S/C34H35F2N11O4.CH5N/c1-5-46-27(13-19(3)42-46)30(50)40-32-38-23-15-21(17-48)7-9-25(23)44(32)12-11-34(35,36)18-45-26-10-8-22(29(37)49)16-24(26)39-33(45)41-31(51)28-14-20(4)43-47(28)6-2;1-2/h7-10,13-17H,5-6,11-12,18H2,1-4H3,(H2,37,49)(H,38,40,50)(H,39,41,51);2H2,1H3. The van der Waals surface area contributed by atoms with Crippen LogP contribution in [0.2, 0.25) is 0 Å². The summed E-state index contributed by atoms with van der Waals surface area (Å²) in [5.41, 5.74) is 13.3. The van der Waals surface area contributed by atoms with Gasteiger partial charge in [-0.15, -0.1) is 0 Å². The van der Waals surface area contributed by atoms with Gasteiger partial charge in [0.2, 0.25) is 17.8 Å². The second-order valence-corrected chi connectivity index (χ2v) is 12.0. The van der Waals surface area contributed by atoms with Gasteiger partial charge in [0.25, 0.3) is 17.7 Å². The molecule has 4 heterocycles. The van der Waals surface area contributed by atoms with E-state index in [0.717, 1.165) is 0 Å². The number of fused-ring (bicyclic) bond motifs is 2. The van der Waals surface area contributed by atoms with Crippen LogP contribution in [0.5, 0.6) is 0 Å². The Balaban J connectivity index is 0.00000266. The van der Waals surface area contributed by atoms with E-state index in [1.54, 1.807) is 32.0 Å². The summed E-state index contributed by atoms with van der Waals surface area (Å²) in [5, 5.41) is 14.0. The molecule has 0 bridgehead atoms. The quantitative estimate of drug-likeness (QED) is 0.125. The Morgan fingerprint density at radius 3 is 1.83 bits per heavy atom. The van der Waals surface area contributed by atoms with Crippen molar-refractivity contribution in [1.29, 1.82) is 0 Å². The fourth-order valence-electron chi connectivity index (χ4n) is 5.94. The van der Waals surface area contributed by atoms with Crippen LogP contribution in [-0.4, -0.2) is 75.6 Å². The van der Waals surface area contributed by atoms with Gasteiger partial charge in [-0.05, 0) is 83.3 Å². The van der Waals surface area contributed by atoms with Crippen molar-refractivity contribution in [3.63, 3.8) is 0 Å². The van der Waals surface area contributed by atoms with Crippen LogP contribution in [-0.2, 0) is 26.2 Å². The number of hydrogen-bond donors (Lipinski definition) is 4. The van der Waals surface area contributed by atoms with E-state index in [1.807, 2.05) is 13.8 Å². The smallest absolute Gasteiger partial charge is 0.276 e. The minimum absolute atomic E-state index is 0.0122. The first-order valence-electron chi connectivity index (χ1n) is 16.7. The fraction of sp³-hybridized carbons (Fsp3) is 0.314. The van der Waals surface area contributed by atoms with E-state index in [-0.39, 0.29) is 46.4 Å². The van der Waals surface area contributed by atoms with E-state index < -0.39 is 36.6 Å². The molecule has 0 aliphatic rings. The molecule has 18 heteroatoms. The van der Waals surface area contributed by atoms with Crippen LogP contribution in [0.15, 0.2) is 48.5 Å². The number of alkyl halides is 2. The number of anilines is 2. The van der Waals surface area contributed by atoms with Crippen molar-refractivity contribution in [3.05, 3.63) is 82.4 Å². The van der Waals surface area contributed by atoms with E-state index in [2.05, 4.69) is 36.5 Å². The molecule has 6 aromatic rings. The summed E-state index contributed by atoms with van der Waals surface area (Å²) in [5.74, 6) is -5.42. The molecule has 0 saturated heterocycles. The summed E-state index contributed by atoms with van der Waals surface area (Å²) in [6, 6.07) is 12.0. The monoisotopic (exact) mass is 730 g/mol. The molecular weight excluding hydrogens is 690 g/mol. The zero-order chi connectivity index (χ0) is 38.6. The van der Waals surface area contributed by atoms with Crippen molar-refractivity contribution >= 4 is 58.0 Å². The van der Waals surface area contributed by atoms with Crippen molar-refractivity contribution in [2.24, 2.45) is 11.5 Å². The van der Waals surface area contributed by atoms with Crippen molar-refractivity contribution < 1.29 is 28.0 Å². The minimum Gasteiger partial charge on any atom is -0.366 e. The molecule has 3 amide bonds. The maximum absolute atomic E-state index is 16.1. The van der Waals surface area contributed by atoms with Gasteiger partial charge in [-0.2, -0.15) is 10.2 Å². The van der Waals surface area contributed by atoms with Gasteiger partial charge in [-0.3, -0.25) is 39.2 Å². The number of carbonyl (C=O) groups is 4. The third-order valence-electron chi connectivity index (χ3n) is 8.35. The summed E-state index contributed by atoms with van der Waals surface area (Å²) >= 11 is 0. The Labute approximate surface area is 302 Å². The maximum atomic E-state index is 16.1. The van der Waals surface area contributed by atoms with Crippen LogP contribution in [0, 0.1) is 13.8 Å². The number of amides is 3. The van der Waals surface area contributed by atoms with Crippen LogP contribution in [0.3, 0.4) is 0 Å². The third kappa shape index (κ3) is 7.96. The van der Waals surface area contributed by atoms with E-state index in [9.17, 15) is 19.2 Å². The topological polar surface area (TPSA) is 216 Å². The first kappa shape index (κ1) is 37.9. The second kappa shape index (κ2) is 15.5. The lowest BCUT2D eigenvalue weighted by molar-refractivity contribution is -0.0264. The number of nitrogens with zero attached hydrogens (tertiary/aromatic N) is 8. The van der Waals surface area contributed by atoms with E-state index >= 15 is 8.78 Å². The number of aromatic nitrogens is 8. The van der Waals surface area contributed by atoms with Crippen molar-refractivity contribution in [3.8, 4) is 0 Å². The Kier molecular flexibility index (Phi) is 11.1. The summed E-state index contributed by atoms with van der Waals surface area (Å²) in [6.45, 7) is 6.76. The summed E-state index contributed by atoms with van der Waals surface area (Å²) in [4.78, 5) is 58.9. The first-order valence-corrected chi connectivity index (χ1v) is 16.7. The minimum atomic E-state index is -3.41. The average Bonchev–Trinajstić information content (AvgIpc) is 3.89. The molecule has 4 aromatic heterocycles. The van der Waals surface area contributed by atoms with Crippen LogP contribution >= 0.6 is 0 Å². The lowest BCUT2D eigenvalue weighted by Gasteiger charge is -2.20. The predicted octanol–water partition coefficient (Wildman–Crippen LogP) is 4.15. The van der Waals surface area contributed by atoms with E-state index in [1.165, 1.54) is 55.9 Å². The van der Waals surface area contributed by atoms with Crippen LogP contribution in [0.4, 0.5) is 20.7 Å². The van der Waals surface area contributed by atoms with Crippen LogP contribution in [0.1, 0.15) is 73.3 Å². The molecule has 53 heavy (non-hydrogen) atoms. The molecule has 0 fully saturated rings. The molecule has 0 saturated carbocycles. The largest absolute Gasteiger partial charge is 0.366 e. The molecule has 0 unspecified atom stereocenters. The molecule has 16 nitrogen and oxygen atoms in total. The van der Waals surface area contributed by atoms with Gasteiger partial charge >= 0.3 is 0 Å². The van der Waals surface area contributed by atoms with Gasteiger partial charge < -0.3 is 20.6 Å². The Morgan fingerprint density at radius 2 is 1.30 bits per heavy atom. The third-order valence-corrected chi connectivity index (χ3v) is 8.35. The number of benzene rings is 2. The highest BCUT2D eigenvalue weighted by Crippen LogP contribution is 2.31. The van der Waals surface area contributed by atoms with Crippen molar-refractivity contribution in [2.45, 2.75) is 66.2 Å². The van der Waals surface area contributed by atoms with Gasteiger partial charge in [0.05, 0.1) is 40.0 Å². The Bertz CT molecular complexity index is 2340. The van der Waals surface area contributed by atoms with Crippen molar-refractivity contribution in [1.82, 2.24) is 38.7 Å². The van der Waals surface area contributed by atoms with Gasteiger partial charge in [0.15, 0.2) is 0 Å². The first-order chi connectivity index (χ1) is 25.3. The summed E-state index contributed by atoms with van der Waals surface area (Å²) < 4.78 is 37.9. The number of aryl methyl sites for hydroxylation is 5. The Morgan fingerprint density at radius 1 is 0.792 bits per heavy atom. The van der Waals surface area contributed by atoms with Gasteiger partial charge in [0, 0.05) is 37.2 Å². The normalized spacial score (nSPS) is 11.4. The average molecular weight is 731 g/mol. The SMILES string of the molecule is CCn1nc(C)cc1C(=O)Nc1nc2cc(C=O)ccc2n1CCC(F)(F)Cn1c(NC(=O)c2cc(C)nn2CC)nc2cc(C(N)=O)ccc21.CN. The molecule has 0 aliphatic carbocycles. The number of hydrogen-bond acceptors (Lipinski definition) is 9. The number of rotatable bonds is 13. The van der Waals surface area contributed by atoms with Gasteiger partial charge in [0.1, 0.15) is 17.7 Å². The lowest BCUT2D eigenvalue weighted by atomic mass is 10.2. The maximum Gasteiger partial charge on any atom is 0.276 e. The highest BCUT2D eigenvalue weighted by molar-refractivity contribution is 6.04. The molecule has 6 N–H and O–H groups in total. The summed E-state index contributed by atoms with van der Waals surface area (Å²) in [6.07, 6.45) is -0.0835. The summed E-state index contributed by atoms with van der Waals surface area (Å²) in [7, 11) is 1.50. The van der Waals surface area contributed by atoms with Gasteiger partial charge in [-0.1, -0.05) is 0 Å². The molecule has 0 atom stereocenters. The fourth-order valence-corrected chi connectivity index (χ4v) is 5.94. The predicted molar refractivity (Wildman–Crippen MR) is 194 cm³/mol. The van der Waals surface area contributed by atoms with Crippen LogP contribution in [0.25, 0.3) is 22.1 Å². The number of halogens is 2. The van der Waals surface area contributed by atoms with E-state index in [0.29, 0.717) is 47.4 Å². The molecular formula is C35H40F2N12O4. The lowest BCUT2D eigenvalue weighted by Crippen LogP contribution is -2.28. The highest BCUT2D eigenvalue weighted by atomic mass is 19.3. The second-order valence-electron chi connectivity index (χ2n) is 12.0.